The van der Waals surface area contributed by atoms with E-state index < -0.39 is 6.61 Å². The average molecular weight is 417 g/mol. The summed E-state index contributed by atoms with van der Waals surface area (Å²) in [5.74, 6) is -0.105. The predicted molar refractivity (Wildman–Crippen MR) is 103 cm³/mol. The number of hydrogen-bond acceptors (Lipinski definition) is 3. The van der Waals surface area contributed by atoms with Crippen molar-refractivity contribution in [3.63, 3.8) is 0 Å². The number of para-hydroxylation sites is 1. The van der Waals surface area contributed by atoms with Gasteiger partial charge in [0.15, 0.2) is 0 Å². The first-order valence-electron chi connectivity index (χ1n) is 8.33. The molecule has 2 aromatic carbocycles. The van der Waals surface area contributed by atoms with Crippen molar-refractivity contribution in [1.29, 1.82) is 0 Å². The lowest BCUT2D eigenvalue weighted by Gasteiger charge is -2.37. The minimum absolute atomic E-state index is 0. The Kier molecular flexibility index (Phi) is 7.83. The zero-order valence-corrected chi connectivity index (χ0v) is 16.0. The molecular weight excluding hydrogens is 397 g/mol. The molecule has 2 aromatic rings. The fourth-order valence-electron chi connectivity index (χ4n) is 3.14. The molecule has 0 saturated carbocycles. The molecule has 1 heterocycles. The molecule has 0 aliphatic carbocycles. The molecule has 8 heteroatoms. The Morgan fingerprint density at radius 1 is 1.26 bits per heavy atom. The van der Waals surface area contributed by atoms with Gasteiger partial charge in [-0.05, 0) is 23.8 Å². The molecule has 146 valence electrons. The molecule has 1 atom stereocenters. The maximum absolute atomic E-state index is 12.9. The number of nitrogens with zero attached hydrogens (tertiary/aromatic N) is 1. The third-order valence-electron chi connectivity index (χ3n) is 4.33. The molecule has 1 saturated heterocycles. The number of halogens is 4. The standard InChI is InChI=1S/C19H19ClF2N2O2.ClH/c20-15-6-3-5-13(10-15)16-12-23-8-9-24(16)18(25)11-14-4-1-2-7-17(14)26-19(21)22;/h1-7,10,16,19,23H,8-9,11-12H2;1H. The highest BCUT2D eigenvalue weighted by atomic mass is 35.5. The zero-order valence-electron chi connectivity index (χ0n) is 14.4. The number of rotatable bonds is 5. The molecule has 0 spiro atoms. The van der Waals surface area contributed by atoms with E-state index in [4.69, 9.17) is 11.6 Å². The van der Waals surface area contributed by atoms with Crippen molar-refractivity contribution in [2.75, 3.05) is 19.6 Å². The lowest BCUT2D eigenvalue weighted by atomic mass is 10.0. The number of amides is 1. The number of ether oxygens (including phenoxy) is 1. The SMILES string of the molecule is Cl.O=C(Cc1ccccc1OC(F)F)N1CCNCC1c1cccc(Cl)c1. The number of carbonyl (C=O) groups is 1. The molecule has 0 bridgehead atoms. The van der Waals surface area contributed by atoms with Gasteiger partial charge < -0.3 is 15.0 Å². The van der Waals surface area contributed by atoms with Crippen LogP contribution in [0, 0.1) is 0 Å². The van der Waals surface area contributed by atoms with Crippen LogP contribution in [0.3, 0.4) is 0 Å². The van der Waals surface area contributed by atoms with Crippen molar-refractivity contribution in [2.24, 2.45) is 0 Å². The monoisotopic (exact) mass is 416 g/mol. The third kappa shape index (κ3) is 5.54. The van der Waals surface area contributed by atoms with Gasteiger partial charge in [-0.25, -0.2) is 0 Å². The van der Waals surface area contributed by atoms with Gasteiger partial charge in [-0.15, -0.1) is 12.4 Å². The highest BCUT2D eigenvalue weighted by Crippen LogP contribution is 2.27. The van der Waals surface area contributed by atoms with Crippen molar-refractivity contribution in [3.05, 3.63) is 64.7 Å². The van der Waals surface area contributed by atoms with E-state index in [1.807, 2.05) is 18.2 Å². The summed E-state index contributed by atoms with van der Waals surface area (Å²) in [5, 5.41) is 3.89. The smallest absolute Gasteiger partial charge is 0.387 e. The molecule has 27 heavy (non-hydrogen) atoms. The molecule has 0 radical (unpaired) electrons. The topological polar surface area (TPSA) is 41.6 Å². The van der Waals surface area contributed by atoms with Gasteiger partial charge >= 0.3 is 6.61 Å². The van der Waals surface area contributed by atoms with Crippen LogP contribution in [-0.4, -0.2) is 37.1 Å². The summed E-state index contributed by atoms with van der Waals surface area (Å²) in [7, 11) is 0. The third-order valence-corrected chi connectivity index (χ3v) is 4.56. The van der Waals surface area contributed by atoms with E-state index in [-0.39, 0.29) is 36.5 Å². The van der Waals surface area contributed by atoms with Crippen LogP contribution in [0.2, 0.25) is 5.02 Å². The van der Waals surface area contributed by atoms with E-state index in [1.165, 1.54) is 6.07 Å². The van der Waals surface area contributed by atoms with Crippen LogP contribution in [0.15, 0.2) is 48.5 Å². The number of alkyl halides is 2. The van der Waals surface area contributed by atoms with Crippen LogP contribution in [-0.2, 0) is 11.2 Å². The summed E-state index contributed by atoms with van der Waals surface area (Å²) >= 11 is 6.08. The quantitative estimate of drug-likeness (QED) is 0.798. The molecule has 1 unspecified atom stereocenters. The van der Waals surface area contributed by atoms with Crippen LogP contribution in [0.25, 0.3) is 0 Å². The predicted octanol–water partition coefficient (Wildman–Crippen LogP) is 4.08. The number of piperazine rings is 1. The van der Waals surface area contributed by atoms with Crippen LogP contribution in [0.4, 0.5) is 8.78 Å². The average Bonchev–Trinajstić information content (AvgIpc) is 2.63. The van der Waals surface area contributed by atoms with E-state index in [2.05, 4.69) is 10.1 Å². The Hall–Kier alpha value is -1.89. The van der Waals surface area contributed by atoms with Crippen molar-refractivity contribution in [3.8, 4) is 5.75 Å². The maximum Gasteiger partial charge on any atom is 0.387 e. The number of benzene rings is 2. The first kappa shape index (κ1) is 21.4. The summed E-state index contributed by atoms with van der Waals surface area (Å²) in [6, 6.07) is 13.6. The fourth-order valence-corrected chi connectivity index (χ4v) is 3.34. The minimum Gasteiger partial charge on any atom is -0.435 e. The summed E-state index contributed by atoms with van der Waals surface area (Å²) in [5.41, 5.74) is 1.39. The zero-order chi connectivity index (χ0) is 18.5. The number of hydrogen-bond donors (Lipinski definition) is 1. The highest BCUT2D eigenvalue weighted by molar-refractivity contribution is 6.30. The summed E-state index contributed by atoms with van der Waals surface area (Å²) in [4.78, 5) is 14.7. The van der Waals surface area contributed by atoms with Crippen LogP contribution in [0.1, 0.15) is 17.2 Å². The molecular formula is C19H20Cl2F2N2O2. The van der Waals surface area contributed by atoms with Gasteiger partial charge in [-0.3, -0.25) is 4.79 Å². The minimum atomic E-state index is -2.93. The molecule has 0 aromatic heterocycles. The van der Waals surface area contributed by atoms with Gasteiger partial charge in [0.2, 0.25) is 5.91 Å². The first-order chi connectivity index (χ1) is 12.5. The Balaban J connectivity index is 0.00000261. The highest BCUT2D eigenvalue weighted by Gasteiger charge is 2.28. The summed E-state index contributed by atoms with van der Waals surface area (Å²) in [6.07, 6.45) is -0.0000406. The molecule has 1 aliphatic rings. The van der Waals surface area contributed by atoms with E-state index in [0.717, 1.165) is 5.56 Å². The lowest BCUT2D eigenvalue weighted by molar-refractivity contribution is -0.134. The molecule has 1 fully saturated rings. The second-order valence-electron chi connectivity index (χ2n) is 6.03. The van der Waals surface area contributed by atoms with Gasteiger partial charge in [0.25, 0.3) is 0 Å². The lowest BCUT2D eigenvalue weighted by Crippen LogP contribution is -2.49. The summed E-state index contributed by atoms with van der Waals surface area (Å²) < 4.78 is 29.7. The van der Waals surface area contributed by atoms with Gasteiger partial charge in [-0.1, -0.05) is 41.9 Å². The molecule has 1 aliphatic heterocycles. The first-order valence-corrected chi connectivity index (χ1v) is 8.71. The van der Waals surface area contributed by atoms with Crippen LogP contribution < -0.4 is 10.1 Å². The second kappa shape index (κ2) is 9.88. The summed E-state index contributed by atoms with van der Waals surface area (Å²) in [6.45, 7) is -1.10. The fraction of sp³-hybridized carbons (Fsp3) is 0.316. The number of carbonyl (C=O) groups excluding carboxylic acids is 1. The normalized spacial score (nSPS) is 16.7. The Morgan fingerprint density at radius 2 is 2.04 bits per heavy atom. The van der Waals surface area contributed by atoms with Crippen molar-refractivity contribution < 1.29 is 18.3 Å². The van der Waals surface area contributed by atoms with Gasteiger partial charge in [0.05, 0.1) is 12.5 Å². The Bertz CT molecular complexity index is 777. The van der Waals surface area contributed by atoms with E-state index in [1.54, 1.807) is 29.2 Å². The van der Waals surface area contributed by atoms with E-state index >= 15 is 0 Å². The van der Waals surface area contributed by atoms with Crippen molar-refractivity contribution >= 4 is 29.9 Å². The maximum atomic E-state index is 12.9. The molecule has 3 rings (SSSR count). The Morgan fingerprint density at radius 3 is 2.78 bits per heavy atom. The van der Waals surface area contributed by atoms with E-state index in [9.17, 15) is 13.6 Å². The molecule has 4 nitrogen and oxygen atoms in total. The van der Waals surface area contributed by atoms with Crippen LogP contribution in [0.5, 0.6) is 5.75 Å². The van der Waals surface area contributed by atoms with Crippen molar-refractivity contribution in [2.45, 2.75) is 19.1 Å². The molecule has 1 amide bonds. The van der Waals surface area contributed by atoms with Crippen LogP contribution >= 0.6 is 24.0 Å². The van der Waals surface area contributed by atoms with Gasteiger partial charge in [0, 0.05) is 30.2 Å². The van der Waals surface area contributed by atoms with E-state index in [0.29, 0.717) is 30.2 Å². The van der Waals surface area contributed by atoms with Crippen molar-refractivity contribution in [1.82, 2.24) is 10.2 Å². The number of nitrogens with one attached hydrogen (secondary N) is 1. The Labute approximate surface area is 167 Å². The molecule has 1 N–H and O–H groups in total. The second-order valence-corrected chi connectivity index (χ2v) is 6.46. The largest absolute Gasteiger partial charge is 0.435 e. The van der Waals surface area contributed by atoms with Gasteiger partial charge in [0.1, 0.15) is 5.75 Å². The van der Waals surface area contributed by atoms with Gasteiger partial charge in [-0.2, -0.15) is 8.78 Å².